The molecule has 2 nitrogen and oxygen atoms in total. The molecule has 0 aromatic heterocycles. The SMILES string of the molecule is CCCCNc1ccc(C2CC34CC(c5ccc(C(N)CCC)cc5)C[C@]3(C2)c2cc(C(C)(C)C)c(C)cc2-c2cc(C)c(C(C)(C)C)cc24)cc1. The average Bonchev–Trinajstić information content (AvgIpc) is 3.60. The fourth-order valence-corrected chi connectivity index (χ4v) is 11.2. The predicted octanol–water partition coefficient (Wildman–Crippen LogP) is 13.2. The molecule has 3 aliphatic rings. The van der Waals surface area contributed by atoms with Crippen LogP contribution in [0.25, 0.3) is 11.1 Å². The van der Waals surface area contributed by atoms with E-state index >= 15 is 0 Å². The maximum Gasteiger partial charge on any atom is 0.0340 e. The molecule has 276 valence electrons. The normalized spacial score (nSPS) is 24.2. The third kappa shape index (κ3) is 6.15. The molecule has 0 aliphatic heterocycles. The van der Waals surface area contributed by atoms with Gasteiger partial charge in [0.25, 0.3) is 0 Å². The van der Waals surface area contributed by atoms with E-state index in [0.29, 0.717) is 11.8 Å². The Labute approximate surface area is 316 Å². The van der Waals surface area contributed by atoms with Crippen LogP contribution >= 0.6 is 0 Å². The van der Waals surface area contributed by atoms with Crippen LogP contribution in [-0.4, -0.2) is 6.54 Å². The third-order valence-corrected chi connectivity index (χ3v) is 13.6. The van der Waals surface area contributed by atoms with Crippen LogP contribution < -0.4 is 11.1 Å². The Morgan fingerprint density at radius 2 is 1.10 bits per heavy atom. The molecule has 52 heavy (non-hydrogen) atoms. The third-order valence-electron chi connectivity index (χ3n) is 13.6. The van der Waals surface area contributed by atoms with Crippen LogP contribution in [0.3, 0.4) is 0 Å². The lowest BCUT2D eigenvalue weighted by atomic mass is 9.54. The molecular formula is C50H66N2. The summed E-state index contributed by atoms with van der Waals surface area (Å²) in [5.74, 6) is 1.01. The fraction of sp³-hybridized carbons (Fsp3) is 0.520. The van der Waals surface area contributed by atoms with Crippen molar-refractivity contribution in [1.82, 2.24) is 0 Å². The topological polar surface area (TPSA) is 38.0 Å². The Bertz CT molecular complexity index is 1830. The first-order valence-corrected chi connectivity index (χ1v) is 20.6. The van der Waals surface area contributed by atoms with Gasteiger partial charge >= 0.3 is 0 Å². The summed E-state index contributed by atoms with van der Waals surface area (Å²) in [6.45, 7) is 24.6. The molecule has 3 N–H and O–H groups in total. The van der Waals surface area contributed by atoms with Gasteiger partial charge in [-0.2, -0.15) is 0 Å². The van der Waals surface area contributed by atoms with E-state index in [4.69, 9.17) is 5.73 Å². The quantitative estimate of drug-likeness (QED) is 0.171. The van der Waals surface area contributed by atoms with Gasteiger partial charge in [0, 0.05) is 29.1 Å². The smallest absolute Gasteiger partial charge is 0.0340 e. The number of aryl methyl sites for hydroxylation is 2. The lowest BCUT2D eigenvalue weighted by Gasteiger charge is -2.49. The minimum Gasteiger partial charge on any atom is -0.385 e. The molecule has 4 aromatic rings. The van der Waals surface area contributed by atoms with E-state index in [9.17, 15) is 0 Å². The fourth-order valence-electron chi connectivity index (χ4n) is 11.2. The Kier molecular flexibility index (Phi) is 9.59. The van der Waals surface area contributed by atoms with Gasteiger partial charge in [-0.05, 0) is 148 Å². The lowest BCUT2D eigenvalue weighted by Crippen LogP contribution is -2.44. The Morgan fingerprint density at radius 1 is 0.654 bits per heavy atom. The molecule has 4 aromatic carbocycles. The Hall–Kier alpha value is -3.36. The lowest BCUT2D eigenvalue weighted by molar-refractivity contribution is 0.298. The number of fused-ring (bicyclic) bond motifs is 3. The number of unbranched alkanes of at least 4 members (excludes halogenated alkanes) is 1. The van der Waals surface area contributed by atoms with Crippen molar-refractivity contribution in [2.45, 2.75) is 160 Å². The van der Waals surface area contributed by atoms with E-state index in [0.717, 1.165) is 19.4 Å². The number of hydrogen-bond donors (Lipinski definition) is 2. The van der Waals surface area contributed by atoms with Crippen LogP contribution in [0.5, 0.6) is 0 Å². The molecule has 0 saturated heterocycles. The zero-order valence-corrected chi connectivity index (χ0v) is 34.1. The molecule has 2 heteroatoms. The molecule has 7 rings (SSSR count). The summed E-state index contributed by atoms with van der Waals surface area (Å²) in [4.78, 5) is 0. The summed E-state index contributed by atoms with van der Waals surface area (Å²) in [6.07, 6.45) is 9.34. The van der Waals surface area contributed by atoms with E-state index in [1.165, 1.54) is 94.3 Å². The average molecular weight is 695 g/mol. The Morgan fingerprint density at radius 3 is 1.50 bits per heavy atom. The summed E-state index contributed by atoms with van der Waals surface area (Å²) < 4.78 is 0. The largest absolute Gasteiger partial charge is 0.385 e. The van der Waals surface area contributed by atoms with Crippen molar-refractivity contribution in [3.8, 4) is 11.1 Å². The van der Waals surface area contributed by atoms with Gasteiger partial charge in [-0.15, -0.1) is 0 Å². The number of rotatable bonds is 9. The molecule has 0 radical (unpaired) electrons. The van der Waals surface area contributed by atoms with E-state index in [1.807, 2.05) is 0 Å². The molecule has 2 fully saturated rings. The van der Waals surface area contributed by atoms with Gasteiger partial charge in [-0.1, -0.05) is 129 Å². The van der Waals surface area contributed by atoms with Crippen LogP contribution in [0.2, 0.25) is 0 Å². The highest BCUT2D eigenvalue weighted by Gasteiger charge is 2.67. The second kappa shape index (κ2) is 13.5. The molecule has 0 spiro atoms. The van der Waals surface area contributed by atoms with Gasteiger partial charge in [0.1, 0.15) is 0 Å². The first-order chi connectivity index (χ1) is 24.6. The Balaban J connectivity index is 1.43. The standard InChI is InChI=1S/C50H66N2/c1-11-13-23-52-39-21-19-35(20-22-39)38-30-49-28-37(34-15-17-36(18-16-34)46(51)14-12-2)29-50(49,31-38)45-27-43(48(8,9)10)33(4)25-41(45)40-24-32(3)42(26-44(40)49)47(5,6)7/h15-22,24-27,37-38,46,52H,11-14,23,28-31,51H2,1-10H3/t37?,38?,46?,49-,50?/m0/s1. The highest BCUT2D eigenvalue weighted by molar-refractivity contribution is 5.82. The van der Waals surface area contributed by atoms with Gasteiger partial charge in [-0.25, -0.2) is 0 Å². The first-order valence-electron chi connectivity index (χ1n) is 20.6. The van der Waals surface area contributed by atoms with E-state index in [-0.39, 0.29) is 27.7 Å². The van der Waals surface area contributed by atoms with Crippen molar-refractivity contribution in [3.05, 3.63) is 123 Å². The maximum absolute atomic E-state index is 6.61. The first kappa shape index (κ1) is 37.0. The van der Waals surface area contributed by atoms with Crippen LogP contribution in [0.4, 0.5) is 5.69 Å². The van der Waals surface area contributed by atoms with Crippen molar-refractivity contribution in [2.75, 3.05) is 11.9 Å². The second-order valence-corrected chi connectivity index (χ2v) is 19.3. The zero-order valence-electron chi connectivity index (χ0n) is 34.1. The molecule has 4 unspecified atom stereocenters. The predicted molar refractivity (Wildman–Crippen MR) is 224 cm³/mol. The van der Waals surface area contributed by atoms with Gasteiger partial charge in [0.2, 0.25) is 0 Å². The van der Waals surface area contributed by atoms with Crippen LogP contribution in [-0.2, 0) is 21.7 Å². The van der Waals surface area contributed by atoms with Crippen molar-refractivity contribution < 1.29 is 0 Å². The van der Waals surface area contributed by atoms with Gasteiger partial charge in [0.15, 0.2) is 0 Å². The molecule has 5 atom stereocenters. The van der Waals surface area contributed by atoms with Crippen molar-refractivity contribution in [2.24, 2.45) is 5.73 Å². The maximum atomic E-state index is 6.61. The van der Waals surface area contributed by atoms with Crippen molar-refractivity contribution in [1.29, 1.82) is 0 Å². The second-order valence-electron chi connectivity index (χ2n) is 19.3. The molecular weight excluding hydrogens is 629 g/mol. The van der Waals surface area contributed by atoms with E-state index in [1.54, 1.807) is 11.1 Å². The molecule has 0 heterocycles. The van der Waals surface area contributed by atoms with Crippen molar-refractivity contribution in [3.63, 3.8) is 0 Å². The summed E-state index contributed by atoms with van der Waals surface area (Å²) in [5.41, 5.74) is 24.5. The van der Waals surface area contributed by atoms with Crippen LogP contribution in [0.15, 0.2) is 72.8 Å². The van der Waals surface area contributed by atoms with E-state index < -0.39 is 0 Å². The molecule has 2 saturated carbocycles. The van der Waals surface area contributed by atoms with Gasteiger partial charge in [0.05, 0.1) is 0 Å². The van der Waals surface area contributed by atoms with Gasteiger partial charge in [-0.3, -0.25) is 0 Å². The van der Waals surface area contributed by atoms with E-state index in [2.05, 4.69) is 147 Å². The molecule has 3 aliphatic carbocycles. The van der Waals surface area contributed by atoms with Crippen LogP contribution in [0, 0.1) is 13.8 Å². The minimum atomic E-state index is 0.0537. The van der Waals surface area contributed by atoms with Crippen LogP contribution in [0.1, 0.15) is 175 Å². The summed E-state index contributed by atoms with van der Waals surface area (Å²) >= 11 is 0. The number of nitrogens with one attached hydrogen (secondary N) is 1. The zero-order chi connectivity index (χ0) is 37.2. The number of benzene rings is 4. The monoisotopic (exact) mass is 695 g/mol. The molecule has 0 bridgehead atoms. The summed E-state index contributed by atoms with van der Waals surface area (Å²) in [7, 11) is 0. The highest BCUT2D eigenvalue weighted by Crippen LogP contribution is 2.74. The van der Waals surface area contributed by atoms with Gasteiger partial charge < -0.3 is 11.1 Å². The highest BCUT2D eigenvalue weighted by atomic mass is 14.9. The number of hydrogen-bond acceptors (Lipinski definition) is 2. The number of nitrogens with two attached hydrogens (primary N) is 1. The van der Waals surface area contributed by atoms with Crippen molar-refractivity contribution >= 4 is 5.69 Å². The summed E-state index contributed by atoms with van der Waals surface area (Å²) in [6, 6.07) is 29.8. The summed E-state index contributed by atoms with van der Waals surface area (Å²) in [5, 5.41) is 3.66. The number of anilines is 1. The molecule has 0 amide bonds. The minimum absolute atomic E-state index is 0.0537.